The summed E-state index contributed by atoms with van der Waals surface area (Å²) in [5.74, 6) is 0. The largest absolute Gasteiger partial charge is 1.00 e. The van der Waals surface area contributed by atoms with E-state index in [0.717, 1.165) is 0 Å². The molecule has 2 aliphatic rings. The van der Waals surface area contributed by atoms with Crippen molar-refractivity contribution in [3.8, 4) is 0 Å². The number of rotatable bonds is 3. The first-order valence-corrected chi connectivity index (χ1v) is 9.25. The van der Waals surface area contributed by atoms with Crippen molar-refractivity contribution in [2.24, 2.45) is 0 Å². The van der Waals surface area contributed by atoms with Crippen LogP contribution in [0.3, 0.4) is 0 Å². The average molecular weight is 347 g/mol. The van der Waals surface area contributed by atoms with Gasteiger partial charge in [0.2, 0.25) is 0 Å². The van der Waals surface area contributed by atoms with Crippen molar-refractivity contribution >= 4 is 4.51 Å². The van der Waals surface area contributed by atoms with Crippen LogP contribution in [-0.2, 0) is 21.0 Å². The van der Waals surface area contributed by atoms with Crippen LogP contribution >= 0.6 is 0 Å². The number of halogens is 2. The Labute approximate surface area is 124 Å². The molecule has 0 atom stereocenters. The molecule has 0 amide bonds. The number of hydrogen-bond acceptors (Lipinski definition) is 1. The molecule has 0 aromatic heterocycles. The van der Waals surface area contributed by atoms with Crippen molar-refractivity contribution in [2.75, 3.05) is 14.1 Å². The zero-order valence-corrected chi connectivity index (χ0v) is 14.1. The fourth-order valence-corrected chi connectivity index (χ4v) is 8.04. The Morgan fingerprint density at radius 1 is 1.00 bits per heavy atom. The first-order valence-electron chi connectivity index (χ1n) is 5.38. The van der Waals surface area contributed by atoms with E-state index in [2.05, 4.69) is 59.9 Å². The molecule has 0 unspecified atom stereocenters. The maximum atomic E-state index is 2.50. The molecule has 0 aliphatic heterocycles. The summed E-state index contributed by atoms with van der Waals surface area (Å²) in [6, 6.07) is 0. The monoisotopic (exact) mass is 345 g/mol. The third-order valence-corrected chi connectivity index (χ3v) is 9.75. The van der Waals surface area contributed by atoms with Crippen LogP contribution in [0.5, 0.6) is 0 Å². The molecule has 0 fully saturated rings. The number of hydrogen-bond donors (Lipinski definition) is 0. The molecule has 0 radical (unpaired) electrons. The van der Waals surface area contributed by atoms with Gasteiger partial charge < -0.3 is 24.8 Å². The SMILES string of the molecule is CN(C)[B]=[Zr+2]([C]1=CC=CC1)[C]1=CC=CC1.[Cl-].[Cl-]. The minimum absolute atomic E-state index is 0. The zero-order chi connectivity index (χ0) is 10.7. The Kier molecular flexibility index (Phi) is 8.76. The Morgan fingerprint density at radius 2 is 1.47 bits per heavy atom. The molecule has 90 valence electrons. The van der Waals surface area contributed by atoms with Crippen molar-refractivity contribution in [2.45, 2.75) is 12.8 Å². The first-order chi connectivity index (χ1) is 7.27. The van der Waals surface area contributed by atoms with Crippen LogP contribution < -0.4 is 24.8 Å². The van der Waals surface area contributed by atoms with Crippen LogP contribution in [-0.4, -0.2) is 23.4 Å². The van der Waals surface area contributed by atoms with Gasteiger partial charge >= 0.3 is 100 Å². The predicted octanol–water partition coefficient (Wildman–Crippen LogP) is -3.60. The van der Waals surface area contributed by atoms with E-state index in [1.165, 1.54) is 12.8 Å². The van der Waals surface area contributed by atoms with Gasteiger partial charge in [-0.2, -0.15) is 0 Å². The standard InChI is InChI=1S/2C5H5.C2H6BN.2ClH.Zr/c2*1-2-4-5-3-1;1-4(2)3;;;/h2*1-3H,4H2;1-2H3;2*1H;/q;;;;;+2/p-2. The van der Waals surface area contributed by atoms with E-state index in [4.69, 9.17) is 0 Å². The fraction of sp³-hybridized carbons (Fsp3) is 0.333. The van der Waals surface area contributed by atoms with Crippen LogP contribution in [0.4, 0.5) is 0 Å². The topological polar surface area (TPSA) is 3.24 Å². The summed E-state index contributed by atoms with van der Waals surface area (Å²) in [6.45, 7) is 0. The second kappa shape index (κ2) is 8.53. The molecule has 2 rings (SSSR count). The molecule has 0 aromatic rings. The Morgan fingerprint density at radius 3 is 1.76 bits per heavy atom. The number of allylic oxidation sites excluding steroid dienone is 8. The Bertz CT molecular complexity index is 377. The van der Waals surface area contributed by atoms with Crippen LogP contribution in [0.25, 0.3) is 0 Å². The molecule has 0 spiro atoms. The molecule has 5 heteroatoms. The van der Waals surface area contributed by atoms with E-state index in [-0.39, 0.29) is 24.8 Å². The van der Waals surface area contributed by atoms with Gasteiger partial charge in [-0.1, -0.05) is 0 Å². The van der Waals surface area contributed by atoms with Gasteiger partial charge in [0.25, 0.3) is 0 Å². The van der Waals surface area contributed by atoms with Gasteiger partial charge in [-0.25, -0.2) is 0 Å². The van der Waals surface area contributed by atoms with Gasteiger partial charge in [0, 0.05) is 0 Å². The van der Waals surface area contributed by atoms with Gasteiger partial charge in [0.1, 0.15) is 0 Å². The van der Waals surface area contributed by atoms with Crippen molar-refractivity contribution in [1.29, 1.82) is 0 Å². The molecule has 0 aromatic carbocycles. The van der Waals surface area contributed by atoms with E-state index < -0.39 is 21.0 Å². The van der Waals surface area contributed by atoms with Crippen molar-refractivity contribution in [3.05, 3.63) is 43.0 Å². The fourth-order valence-electron chi connectivity index (χ4n) is 1.92. The van der Waals surface area contributed by atoms with E-state index in [0.29, 0.717) is 0 Å². The normalized spacial score (nSPS) is 15.4. The van der Waals surface area contributed by atoms with Gasteiger partial charge in [0.15, 0.2) is 0 Å². The van der Waals surface area contributed by atoms with Crippen molar-refractivity contribution < 1.29 is 45.8 Å². The summed E-state index contributed by atoms with van der Waals surface area (Å²) in [6.07, 6.45) is 16.0. The third-order valence-electron chi connectivity index (χ3n) is 2.62. The van der Waals surface area contributed by atoms with Crippen LogP contribution in [0.2, 0.25) is 0 Å². The summed E-state index contributed by atoms with van der Waals surface area (Å²) < 4.78 is 5.92. The van der Waals surface area contributed by atoms with E-state index in [1.54, 1.807) is 6.56 Å². The zero-order valence-electron chi connectivity index (χ0n) is 10.2. The third kappa shape index (κ3) is 4.91. The van der Waals surface area contributed by atoms with Gasteiger partial charge in [0.05, 0.1) is 0 Å². The molecular formula is C12H16BCl2NZr. The van der Waals surface area contributed by atoms with E-state index in [9.17, 15) is 0 Å². The molecule has 17 heavy (non-hydrogen) atoms. The van der Waals surface area contributed by atoms with Gasteiger partial charge in [-0.3, -0.25) is 0 Å². The van der Waals surface area contributed by atoms with Crippen LogP contribution in [0.1, 0.15) is 12.8 Å². The molecule has 0 N–H and O–H groups in total. The predicted molar refractivity (Wildman–Crippen MR) is 63.1 cm³/mol. The molecule has 0 heterocycles. The maximum absolute atomic E-state index is 2.50. The van der Waals surface area contributed by atoms with Crippen molar-refractivity contribution in [1.82, 2.24) is 4.81 Å². The van der Waals surface area contributed by atoms with E-state index in [1.807, 2.05) is 0 Å². The smallest absolute Gasteiger partial charge is 1.00 e. The Hall–Kier alpha value is 0.448. The second-order valence-corrected chi connectivity index (χ2v) is 9.98. The summed E-state index contributed by atoms with van der Waals surface area (Å²) in [7, 11) is 4.29. The molecule has 2 aliphatic carbocycles. The number of nitrogens with zero attached hydrogens (tertiary/aromatic N) is 1. The first kappa shape index (κ1) is 17.4. The molecule has 0 saturated carbocycles. The van der Waals surface area contributed by atoms with Crippen molar-refractivity contribution in [3.63, 3.8) is 0 Å². The molecular weight excluding hydrogens is 331 g/mol. The maximum Gasteiger partial charge on any atom is -1.00 e. The Balaban J connectivity index is 0.00000128. The summed E-state index contributed by atoms with van der Waals surface area (Å²) in [5, 5.41) is 0. The minimum atomic E-state index is -1.62. The molecule has 0 saturated heterocycles. The van der Waals surface area contributed by atoms with Gasteiger partial charge in [-0.05, 0) is 0 Å². The van der Waals surface area contributed by atoms with E-state index >= 15 is 0 Å². The molecule has 0 bridgehead atoms. The van der Waals surface area contributed by atoms with Gasteiger partial charge in [-0.15, -0.1) is 0 Å². The minimum Gasteiger partial charge on any atom is -1.00 e. The quantitative estimate of drug-likeness (QED) is 0.477. The summed E-state index contributed by atoms with van der Waals surface area (Å²) >= 11 is -1.62. The summed E-state index contributed by atoms with van der Waals surface area (Å²) in [5.41, 5.74) is 0. The summed E-state index contributed by atoms with van der Waals surface area (Å²) in [4.78, 5) is 2.24. The van der Waals surface area contributed by atoms with Crippen LogP contribution in [0.15, 0.2) is 43.0 Å². The van der Waals surface area contributed by atoms with Crippen LogP contribution in [0, 0.1) is 0 Å². The molecule has 1 nitrogen and oxygen atoms in total. The average Bonchev–Trinajstić information content (AvgIpc) is 2.87. The second-order valence-electron chi connectivity index (χ2n) is 4.15.